The highest BCUT2D eigenvalue weighted by molar-refractivity contribution is 6.16. The number of aromatic nitrogens is 4. The van der Waals surface area contributed by atoms with Gasteiger partial charge in [-0.2, -0.15) is 5.10 Å². The van der Waals surface area contributed by atoms with Crippen LogP contribution in [0.3, 0.4) is 0 Å². The maximum atomic E-state index is 6.03. The van der Waals surface area contributed by atoms with E-state index in [0.29, 0.717) is 12.4 Å². The summed E-state index contributed by atoms with van der Waals surface area (Å²) in [5.41, 5.74) is 2.95. The van der Waals surface area contributed by atoms with Crippen molar-refractivity contribution in [3.05, 3.63) is 42.0 Å². The second-order valence-corrected chi connectivity index (χ2v) is 4.79. The number of nitrogens with zero attached hydrogens (tertiary/aromatic N) is 4. The van der Waals surface area contributed by atoms with Crippen LogP contribution in [-0.2, 0) is 19.5 Å². The van der Waals surface area contributed by atoms with Crippen molar-refractivity contribution in [1.82, 2.24) is 19.3 Å². The molecule has 0 saturated carbocycles. The second kappa shape index (κ2) is 5.17. The molecule has 1 aromatic carbocycles. The van der Waals surface area contributed by atoms with Gasteiger partial charge in [0.1, 0.15) is 17.1 Å². The highest BCUT2D eigenvalue weighted by atomic mass is 35.5. The molecule has 5 nitrogen and oxygen atoms in total. The number of ether oxygens (including phenoxy) is 1. The fourth-order valence-corrected chi connectivity index (χ4v) is 2.54. The number of para-hydroxylation sites is 1. The molecule has 104 valence electrons. The van der Waals surface area contributed by atoms with Gasteiger partial charge in [-0.15, -0.1) is 11.6 Å². The van der Waals surface area contributed by atoms with Crippen LogP contribution in [-0.4, -0.2) is 26.4 Å². The molecule has 0 atom stereocenters. The zero-order valence-electron chi connectivity index (χ0n) is 11.4. The lowest BCUT2D eigenvalue weighted by atomic mass is 10.3. The zero-order chi connectivity index (χ0) is 14.1. The van der Waals surface area contributed by atoms with Crippen molar-refractivity contribution in [2.75, 3.05) is 7.11 Å². The van der Waals surface area contributed by atoms with Crippen LogP contribution in [0.2, 0.25) is 0 Å². The normalized spacial score (nSPS) is 11.2. The number of imidazole rings is 1. The van der Waals surface area contributed by atoms with E-state index in [1.54, 1.807) is 13.3 Å². The van der Waals surface area contributed by atoms with E-state index in [1.165, 1.54) is 0 Å². The van der Waals surface area contributed by atoms with Crippen molar-refractivity contribution in [1.29, 1.82) is 0 Å². The Morgan fingerprint density at radius 2 is 2.15 bits per heavy atom. The third kappa shape index (κ3) is 2.04. The summed E-state index contributed by atoms with van der Waals surface area (Å²) >= 11 is 6.03. The maximum Gasteiger partial charge on any atom is 0.146 e. The first-order valence-electron chi connectivity index (χ1n) is 6.29. The molecule has 0 aliphatic rings. The summed E-state index contributed by atoms with van der Waals surface area (Å²) in [4.78, 5) is 4.59. The summed E-state index contributed by atoms with van der Waals surface area (Å²) < 4.78 is 9.31. The van der Waals surface area contributed by atoms with Gasteiger partial charge < -0.3 is 9.30 Å². The predicted octanol–water partition coefficient (Wildman–Crippen LogP) is 2.57. The van der Waals surface area contributed by atoms with Gasteiger partial charge in [0.25, 0.3) is 0 Å². The molecule has 0 bridgehead atoms. The van der Waals surface area contributed by atoms with Crippen molar-refractivity contribution >= 4 is 22.6 Å². The molecule has 0 radical (unpaired) electrons. The number of alkyl halides is 1. The molecule has 0 N–H and O–H groups in total. The van der Waals surface area contributed by atoms with Crippen LogP contribution in [0, 0.1) is 0 Å². The minimum absolute atomic E-state index is 0.357. The number of hydrogen-bond donors (Lipinski definition) is 0. The minimum Gasteiger partial charge on any atom is -0.494 e. The van der Waals surface area contributed by atoms with Gasteiger partial charge in [-0.1, -0.05) is 6.07 Å². The Morgan fingerprint density at radius 1 is 1.30 bits per heavy atom. The van der Waals surface area contributed by atoms with Crippen LogP contribution < -0.4 is 4.74 Å². The van der Waals surface area contributed by atoms with E-state index in [2.05, 4.69) is 14.6 Å². The number of hydrogen-bond acceptors (Lipinski definition) is 3. The molecule has 0 aliphatic heterocycles. The average Bonchev–Trinajstić information content (AvgIpc) is 3.03. The van der Waals surface area contributed by atoms with E-state index >= 15 is 0 Å². The summed E-state index contributed by atoms with van der Waals surface area (Å²) in [5, 5.41) is 4.19. The first-order valence-corrected chi connectivity index (χ1v) is 6.83. The highest BCUT2D eigenvalue weighted by Crippen LogP contribution is 2.27. The highest BCUT2D eigenvalue weighted by Gasteiger charge is 2.14. The second-order valence-electron chi connectivity index (χ2n) is 4.52. The van der Waals surface area contributed by atoms with Crippen molar-refractivity contribution < 1.29 is 4.74 Å². The molecular formula is C14H15ClN4O. The van der Waals surface area contributed by atoms with Crippen LogP contribution in [0.15, 0.2) is 30.5 Å². The molecule has 0 saturated heterocycles. The predicted molar refractivity (Wildman–Crippen MR) is 78.2 cm³/mol. The van der Waals surface area contributed by atoms with Crippen LogP contribution >= 0.6 is 11.6 Å². The SMILES string of the molecule is COc1cccc2c1nc(CCl)n2Cc1ccnn1C. The molecule has 20 heavy (non-hydrogen) atoms. The van der Waals surface area contributed by atoms with Gasteiger partial charge in [-0.3, -0.25) is 4.68 Å². The molecule has 0 aliphatic carbocycles. The van der Waals surface area contributed by atoms with Crippen molar-refractivity contribution in [2.45, 2.75) is 12.4 Å². The largest absolute Gasteiger partial charge is 0.494 e. The molecule has 3 aromatic rings. The number of halogens is 1. The summed E-state index contributed by atoms with van der Waals surface area (Å²) in [6.07, 6.45) is 1.79. The van der Waals surface area contributed by atoms with E-state index in [-0.39, 0.29) is 0 Å². The van der Waals surface area contributed by atoms with Gasteiger partial charge in [-0.25, -0.2) is 4.98 Å². The van der Waals surface area contributed by atoms with E-state index in [0.717, 1.165) is 28.3 Å². The molecule has 0 amide bonds. The standard InChI is InChI=1S/C14H15ClN4O/c1-18-10(6-7-16-18)9-19-11-4-3-5-12(20-2)14(11)17-13(19)8-15/h3-7H,8-9H2,1-2H3. The van der Waals surface area contributed by atoms with Gasteiger partial charge in [0, 0.05) is 13.2 Å². The quantitative estimate of drug-likeness (QED) is 0.694. The van der Waals surface area contributed by atoms with E-state index in [9.17, 15) is 0 Å². The smallest absolute Gasteiger partial charge is 0.146 e. The third-order valence-electron chi connectivity index (χ3n) is 3.40. The Hall–Kier alpha value is -2.01. The molecular weight excluding hydrogens is 276 g/mol. The zero-order valence-corrected chi connectivity index (χ0v) is 12.1. The molecule has 3 rings (SSSR count). The molecule has 2 aromatic heterocycles. The number of methoxy groups -OCH3 is 1. The van der Waals surface area contributed by atoms with E-state index < -0.39 is 0 Å². The number of aryl methyl sites for hydroxylation is 1. The molecule has 6 heteroatoms. The lowest BCUT2D eigenvalue weighted by molar-refractivity contribution is 0.419. The Bertz CT molecular complexity index is 747. The summed E-state index contributed by atoms with van der Waals surface area (Å²) in [5.74, 6) is 1.94. The topological polar surface area (TPSA) is 44.9 Å². The van der Waals surface area contributed by atoms with Gasteiger partial charge in [0.05, 0.1) is 30.7 Å². The fraction of sp³-hybridized carbons (Fsp3) is 0.286. The summed E-state index contributed by atoms with van der Waals surface area (Å²) in [6.45, 7) is 0.683. The Labute approximate surface area is 121 Å². The van der Waals surface area contributed by atoms with Gasteiger partial charge in [0.15, 0.2) is 0 Å². The lowest BCUT2D eigenvalue weighted by Gasteiger charge is -2.08. The Kier molecular flexibility index (Phi) is 3.36. The lowest BCUT2D eigenvalue weighted by Crippen LogP contribution is -2.08. The van der Waals surface area contributed by atoms with Crippen LogP contribution in [0.4, 0.5) is 0 Å². The third-order valence-corrected chi connectivity index (χ3v) is 3.64. The van der Waals surface area contributed by atoms with Gasteiger partial charge >= 0.3 is 0 Å². The first kappa shape index (κ1) is 13.0. The van der Waals surface area contributed by atoms with E-state index in [1.807, 2.05) is 36.0 Å². The number of rotatable bonds is 4. The van der Waals surface area contributed by atoms with Gasteiger partial charge in [0.2, 0.25) is 0 Å². The molecule has 0 unspecified atom stereocenters. The maximum absolute atomic E-state index is 6.03. The number of fused-ring (bicyclic) bond motifs is 1. The molecule has 2 heterocycles. The van der Waals surface area contributed by atoms with Crippen molar-refractivity contribution in [3.8, 4) is 5.75 Å². The first-order chi connectivity index (χ1) is 9.74. The van der Waals surface area contributed by atoms with Crippen LogP contribution in [0.1, 0.15) is 11.5 Å². The summed E-state index contributed by atoms with van der Waals surface area (Å²) in [7, 11) is 3.57. The van der Waals surface area contributed by atoms with Crippen LogP contribution in [0.25, 0.3) is 11.0 Å². The van der Waals surface area contributed by atoms with Crippen molar-refractivity contribution in [2.24, 2.45) is 7.05 Å². The monoisotopic (exact) mass is 290 g/mol. The Morgan fingerprint density at radius 3 is 2.80 bits per heavy atom. The fourth-order valence-electron chi connectivity index (χ4n) is 2.33. The molecule has 0 fully saturated rings. The Balaban J connectivity index is 2.16. The van der Waals surface area contributed by atoms with Crippen molar-refractivity contribution in [3.63, 3.8) is 0 Å². The minimum atomic E-state index is 0.357. The summed E-state index contributed by atoms with van der Waals surface area (Å²) in [6, 6.07) is 7.88. The van der Waals surface area contributed by atoms with Gasteiger partial charge in [-0.05, 0) is 18.2 Å². The van der Waals surface area contributed by atoms with Crippen LogP contribution in [0.5, 0.6) is 5.75 Å². The number of benzene rings is 1. The molecule has 0 spiro atoms. The van der Waals surface area contributed by atoms with E-state index in [4.69, 9.17) is 16.3 Å². The average molecular weight is 291 g/mol.